The Morgan fingerprint density at radius 2 is 1.66 bits per heavy atom. The Morgan fingerprint density at radius 3 is 2.32 bits per heavy atom. The number of nitrogens with one attached hydrogen (secondary N) is 1. The van der Waals surface area contributed by atoms with Crippen molar-refractivity contribution in [2.45, 2.75) is 113 Å². The summed E-state index contributed by atoms with van der Waals surface area (Å²) in [5, 5.41) is 4.49. The SMILES string of the molecule is COC(=O)[C@@]1(C)CC[C@]2(C)CC[C@]3(C)C(=CCC4[C@@]5(C)CC/C(=N\NC(N)=O)C(C)(C)C5CC[C@]43C)C2C1. The first-order chi connectivity index (χ1) is 17.6. The number of carbonyl (C=O) groups is 2. The number of methoxy groups -OCH3 is 1. The molecule has 0 aromatic heterocycles. The highest BCUT2D eigenvalue weighted by molar-refractivity contribution is 5.91. The van der Waals surface area contributed by atoms with E-state index in [0.29, 0.717) is 17.8 Å². The van der Waals surface area contributed by atoms with Gasteiger partial charge in [0.1, 0.15) is 0 Å². The molecule has 5 aliphatic carbocycles. The third-order valence-corrected chi connectivity index (χ3v) is 13.6. The zero-order chi connectivity index (χ0) is 27.9. The molecule has 0 radical (unpaired) electrons. The molecular weight excluding hydrogens is 474 g/mol. The Hall–Kier alpha value is -1.85. The normalized spacial score (nSPS) is 48.5. The lowest BCUT2D eigenvalue weighted by Crippen LogP contribution is -2.64. The van der Waals surface area contributed by atoms with Gasteiger partial charge in [0.2, 0.25) is 0 Å². The average Bonchev–Trinajstić information content (AvgIpc) is 2.84. The largest absolute Gasteiger partial charge is 0.469 e. The molecule has 4 saturated carbocycles. The molecule has 5 aliphatic rings. The molecule has 212 valence electrons. The number of urea groups is 1. The van der Waals surface area contributed by atoms with Gasteiger partial charge in [0.25, 0.3) is 0 Å². The van der Waals surface area contributed by atoms with Crippen LogP contribution in [0.2, 0.25) is 0 Å². The first-order valence-corrected chi connectivity index (χ1v) is 15.0. The van der Waals surface area contributed by atoms with E-state index in [2.05, 4.69) is 65.1 Å². The van der Waals surface area contributed by atoms with E-state index in [1.165, 1.54) is 25.7 Å². The number of allylic oxidation sites excluding steroid dienone is 2. The van der Waals surface area contributed by atoms with E-state index in [-0.39, 0.29) is 38.5 Å². The lowest BCUT2D eigenvalue weighted by molar-refractivity contribution is -0.170. The number of hydrazone groups is 1. The predicted octanol–water partition coefficient (Wildman–Crippen LogP) is 6.99. The fraction of sp³-hybridized carbons (Fsp3) is 0.844. The second-order valence-electron chi connectivity index (χ2n) is 15.5. The average molecular weight is 526 g/mol. The number of hydrogen-bond acceptors (Lipinski definition) is 4. The van der Waals surface area contributed by atoms with Crippen molar-refractivity contribution in [3.63, 3.8) is 0 Å². The van der Waals surface area contributed by atoms with Crippen LogP contribution in [0, 0.1) is 50.2 Å². The summed E-state index contributed by atoms with van der Waals surface area (Å²) in [7, 11) is 1.54. The van der Waals surface area contributed by atoms with Crippen molar-refractivity contribution in [1.29, 1.82) is 0 Å². The number of fused-ring (bicyclic) bond motifs is 7. The van der Waals surface area contributed by atoms with Gasteiger partial charge in [-0.25, -0.2) is 10.2 Å². The van der Waals surface area contributed by atoms with Crippen LogP contribution in [0.5, 0.6) is 0 Å². The molecule has 0 bridgehead atoms. The van der Waals surface area contributed by atoms with Gasteiger partial charge in [-0.1, -0.05) is 53.2 Å². The number of rotatable bonds is 2. The van der Waals surface area contributed by atoms with Crippen LogP contribution >= 0.6 is 0 Å². The fourth-order valence-electron chi connectivity index (χ4n) is 10.9. The maximum absolute atomic E-state index is 12.9. The lowest BCUT2D eigenvalue weighted by atomic mass is 9.33. The fourth-order valence-corrected chi connectivity index (χ4v) is 10.9. The summed E-state index contributed by atoms with van der Waals surface area (Å²) in [5.74, 6) is 1.53. The Morgan fingerprint density at radius 1 is 0.974 bits per heavy atom. The molecule has 4 fully saturated rings. The summed E-state index contributed by atoms with van der Waals surface area (Å²) in [6.45, 7) is 17.0. The van der Waals surface area contributed by atoms with E-state index in [9.17, 15) is 9.59 Å². The molecule has 5 rings (SSSR count). The number of ether oxygens (including phenoxy) is 1. The van der Waals surface area contributed by atoms with Gasteiger partial charge in [0, 0.05) is 11.1 Å². The highest BCUT2D eigenvalue weighted by Crippen LogP contribution is 2.75. The van der Waals surface area contributed by atoms with E-state index in [0.717, 1.165) is 44.2 Å². The third kappa shape index (κ3) is 3.60. The van der Waals surface area contributed by atoms with Crippen molar-refractivity contribution < 1.29 is 14.3 Å². The van der Waals surface area contributed by atoms with Gasteiger partial charge in [-0.3, -0.25) is 4.79 Å². The van der Waals surface area contributed by atoms with E-state index < -0.39 is 6.03 Å². The van der Waals surface area contributed by atoms with Gasteiger partial charge < -0.3 is 10.5 Å². The topological polar surface area (TPSA) is 93.8 Å². The van der Waals surface area contributed by atoms with Crippen molar-refractivity contribution in [2.24, 2.45) is 61.1 Å². The number of nitrogens with zero attached hydrogens (tertiary/aromatic N) is 1. The number of primary amides is 1. The summed E-state index contributed by atoms with van der Waals surface area (Å²) in [5.41, 5.74) is 11.0. The Balaban J connectivity index is 1.52. The van der Waals surface area contributed by atoms with E-state index in [1.54, 1.807) is 12.7 Å². The first-order valence-electron chi connectivity index (χ1n) is 15.0. The van der Waals surface area contributed by atoms with Gasteiger partial charge in [-0.15, -0.1) is 0 Å². The van der Waals surface area contributed by atoms with Gasteiger partial charge >= 0.3 is 12.0 Å². The Labute approximate surface area is 230 Å². The molecule has 3 N–H and O–H groups in total. The zero-order valence-corrected chi connectivity index (χ0v) is 25.1. The van der Waals surface area contributed by atoms with Crippen molar-refractivity contribution in [2.75, 3.05) is 7.11 Å². The predicted molar refractivity (Wildman–Crippen MR) is 151 cm³/mol. The second-order valence-corrected chi connectivity index (χ2v) is 15.5. The quantitative estimate of drug-likeness (QED) is 0.231. The van der Waals surface area contributed by atoms with Crippen LogP contribution < -0.4 is 11.2 Å². The van der Waals surface area contributed by atoms with Crippen LogP contribution in [0.1, 0.15) is 113 Å². The summed E-state index contributed by atoms with van der Waals surface area (Å²) in [6, 6.07) is -0.592. The molecule has 2 amide bonds. The number of esters is 1. The molecule has 0 aromatic carbocycles. The van der Waals surface area contributed by atoms with Gasteiger partial charge in [0.05, 0.1) is 12.5 Å². The number of carbonyl (C=O) groups excluding carboxylic acids is 2. The molecule has 6 heteroatoms. The van der Waals surface area contributed by atoms with Crippen LogP contribution in [0.25, 0.3) is 0 Å². The van der Waals surface area contributed by atoms with E-state index in [1.807, 2.05) is 0 Å². The third-order valence-electron chi connectivity index (χ3n) is 13.6. The summed E-state index contributed by atoms with van der Waals surface area (Å²) < 4.78 is 5.31. The van der Waals surface area contributed by atoms with Crippen molar-refractivity contribution >= 4 is 17.7 Å². The second kappa shape index (κ2) is 8.57. The van der Waals surface area contributed by atoms with Crippen LogP contribution in [0.3, 0.4) is 0 Å². The van der Waals surface area contributed by atoms with Crippen LogP contribution in [-0.4, -0.2) is 24.8 Å². The highest BCUT2D eigenvalue weighted by Gasteiger charge is 2.68. The summed E-state index contributed by atoms with van der Waals surface area (Å²) in [6.07, 6.45) is 13.6. The molecule has 38 heavy (non-hydrogen) atoms. The Bertz CT molecular complexity index is 1100. The van der Waals surface area contributed by atoms with Crippen LogP contribution in [-0.2, 0) is 9.53 Å². The van der Waals surface area contributed by atoms with Crippen molar-refractivity contribution in [3.05, 3.63) is 11.6 Å². The van der Waals surface area contributed by atoms with Gasteiger partial charge in [0.15, 0.2) is 0 Å². The zero-order valence-electron chi connectivity index (χ0n) is 25.1. The Kier molecular flexibility index (Phi) is 6.25. The molecule has 0 aliphatic heterocycles. The van der Waals surface area contributed by atoms with Crippen LogP contribution in [0.4, 0.5) is 4.79 Å². The van der Waals surface area contributed by atoms with Crippen molar-refractivity contribution in [1.82, 2.24) is 5.43 Å². The summed E-state index contributed by atoms with van der Waals surface area (Å²) >= 11 is 0. The smallest absolute Gasteiger partial charge is 0.332 e. The maximum Gasteiger partial charge on any atom is 0.332 e. The van der Waals surface area contributed by atoms with Crippen LogP contribution in [0.15, 0.2) is 16.8 Å². The standard InChI is InChI=1S/C32H51N3O3/c1-27(2)22-11-14-32(7)23(30(22,5)13-12-24(27)34-35-26(33)37)10-9-20-21-19-29(4,25(36)38-8)16-15-28(21,3)17-18-31(20,32)6/h9,21-23H,10-19H2,1-8H3,(H3,33,35,37)/b34-24+/t21?,22?,23?,28-,29+,30+,31-,32-/m1/s1. The maximum atomic E-state index is 12.9. The number of hydrogen-bond donors (Lipinski definition) is 2. The van der Waals surface area contributed by atoms with Gasteiger partial charge in [-0.2, -0.15) is 5.10 Å². The van der Waals surface area contributed by atoms with E-state index in [4.69, 9.17) is 10.5 Å². The van der Waals surface area contributed by atoms with Gasteiger partial charge in [-0.05, 0) is 111 Å². The van der Waals surface area contributed by atoms with Crippen molar-refractivity contribution in [3.8, 4) is 0 Å². The lowest BCUT2D eigenvalue weighted by Gasteiger charge is -2.71. The molecule has 0 aromatic rings. The highest BCUT2D eigenvalue weighted by atomic mass is 16.5. The number of amides is 2. The minimum absolute atomic E-state index is 0.0342. The molecular formula is C32H51N3O3. The minimum Gasteiger partial charge on any atom is -0.469 e. The molecule has 0 saturated heterocycles. The monoisotopic (exact) mass is 525 g/mol. The molecule has 3 unspecified atom stereocenters. The van der Waals surface area contributed by atoms with E-state index >= 15 is 0 Å². The summed E-state index contributed by atoms with van der Waals surface area (Å²) in [4.78, 5) is 24.3. The number of nitrogens with two attached hydrogens (primary N) is 1. The molecule has 6 nitrogen and oxygen atoms in total. The minimum atomic E-state index is -0.592. The molecule has 8 atom stereocenters. The first kappa shape index (κ1) is 27.7. The molecule has 0 heterocycles. The molecule has 0 spiro atoms.